The average molecular weight is 298 g/mol. The van der Waals surface area contributed by atoms with Crippen LogP contribution >= 0.6 is 0 Å². The van der Waals surface area contributed by atoms with E-state index in [4.69, 9.17) is 0 Å². The van der Waals surface area contributed by atoms with E-state index in [1.54, 1.807) is 25.2 Å². The van der Waals surface area contributed by atoms with E-state index in [9.17, 15) is 17.6 Å². The van der Waals surface area contributed by atoms with Crippen LogP contribution in [0, 0.1) is 5.82 Å². The lowest BCUT2D eigenvalue weighted by atomic mass is 9.96. The molecule has 0 spiro atoms. The van der Waals surface area contributed by atoms with E-state index in [2.05, 4.69) is 10.3 Å². The first-order chi connectivity index (χ1) is 9.93. The monoisotopic (exact) mass is 298 g/mol. The minimum absolute atomic E-state index is 0.00996. The van der Waals surface area contributed by atoms with E-state index < -0.39 is 23.6 Å². The van der Waals surface area contributed by atoms with Gasteiger partial charge in [-0.3, -0.25) is 4.98 Å². The molecule has 0 aliphatic carbocycles. The number of halogens is 4. The minimum atomic E-state index is -4.47. The van der Waals surface area contributed by atoms with Crippen LogP contribution in [0.2, 0.25) is 0 Å². The quantitative estimate of drug-likeness (QED) is 0.870. The van der Waals surface area contributed by atoms with Crippen LogP contribution in [-0.2, 0) is 12.6 Å². The third-order valence-electron chi connectivity index (χ3n) is 3.26. The van der Waals surface area contributed by atoms with Gasteiger partial charge in [0.2, 0.25) is 0 Å². The van der Waals surface area contributed by atoms with Crippen molar-refractivity contribution in [3.8, 4) is 0 Å². The van der Waals surface area contributed by atoms with E-state index in [0.29, 0.717) is 5.56 Å². The van der Waals surface area contributed by atoms with Crippen molar-refractivity contribution in [3.63, 3.8) is 0 Å². The molecular weight excluding hydrogens is 284 g/mol. The molecule has 0 amide bonds. The van der Waals surface area contributed by atoms with E-state index in [1.807, 2.05) is 0 Å². The molecule has 1 unspecified atom stereocenters. The van der Waals surface area contributed by atoms with Crippen molar-refractivity contribution in [1.29, 1.82) is 0 Å². The molecule has 0 saturated carbocycles. The number of aromatic nitrogens is 1. The minimum Gasteiger partial charge on any atom is -0.313 e. The van der Waals surface area contributed by atoms with Crippen LogP contribution < -0.4 is 5.32 Å². The van der Waals surface area contributed by atoms with Gasteiger partial charge >= 0.3 is 6.18 Å². The number of alkyl halides is 3. The Bertz CT molecular complexity index is 611. The molecule has 2 aromatic rings. The summed E-state index contributed by atoms with van der Waals surface area (Å²) in [6, 6.07) is 6.30. The summed E-state index contributed by atoms with van der Waals surface area (Å²) in [7, 11) is 1.54. The van der Waals surface area contributed by atoms with Crippen molar-refractivity contribution in [2.45, 2.75) is 18.6 Å². The summed E-state index contributed by atoms with van der Waals surface area (Å²) < 4.78 is 52.8. The van der Waals surface area contributed by atoms with Crippen LogP contribution in [0.5, 0.6) is 0 Å². The molecule has 0 radical (unpaired) electrons. The summed E-state index contributed by atoms with van der Waals surface area (Å²) in [6.07, 6.45) is -2.09. The molecular formula is C15H14F4N2. The first kappa shape index (κ1) is 15.4. The molecule has 1 aromatic heterocycles. The van der Waals surface area contributed by atoms with Gasteiger partial charge in [-0.05, 0) is 36.7 Å². The summed E-state index contributed by atoms with van der Waals surface area (Å²) in [6.45, 7) is 0. The average Bonchev–Trinajstić information content (AvgIpc) is 2.45. The van der Waals surface area contributed by atoms with Crippen molar-refractivity contribution >= 4 is 0 Å². The van der Waals surface area contributed by atoms with Crippen molar-refractivity contribution in [3.05, 3.63) is 65.2 Å². The van der Waals surface area contributed by atoms with Crippen molar-refractivity contribution < 1.29 is 17.6 Å². The number of hydrogen-bond donors (Lipinski definition) is 1. The van der Waals surface area contributed by atoms with E-state index >= 15 is 0 Å². The maximum atomic E-state index is 13.7. The van der Waals surface area contributed by atoms with Crippen LogP contribution in [-0.4, -0.2) is 12.0 Å². The summed E-state index contributed by atoms with van der Waals surface area (Å²) in [5, 5.41) is 2.80. The number of likely N-dealkylation sites (N-methyl/N-ethyl adjacent to an activating group) is 1. The molecule has 0 bridgehead atoms. The van der Waals surface area contributed by atoms with Crippen LogP contribution in [0.3, 0.4) is 0 Å². The van der Waals surface area contributed by atoms with Crippen LogP contribution in [0.15, 0.2) is 42.7 Å². The zero-order chi connectivity index (χ0) is 15.5. The van der Waals surface area contributed by atoms with Crippen molar-refractivity contribution in [2.75, 3.05) is 7.05 Å². The Kier molecular flexibility index (Phi) is 4.57. The van der Waals surface area contributed by atoms with Gasteiger partial charge in [-0.25, -0.2) is 4.39 Å². The number of hydrogen-bond acceptors (Lipinski definition) is 2. The maximum absolute atomic E-state index is 13.7. The topological polar surface area (TPSA) is 24.9 Å². The normalized spacial score (nSPS) is 13.2. The predicted molar refractivity (Wildman–Crippen MR) is 71.1 cm³/mol. The number of rotatable bonds is 4. The smallest absolute Gasteiger partial charge is 0.313 e. The van der Waals surface area contributed by atoms with Gasteiger partial charge in [0.15, 0.2) is 0 Å². The van der Waals surface area contributed by atoms with E-state index in [0.717, 1.165) is 12.3 Å². The van der Waals surface area contributed by atoms with Crippen molar-refractivity contribution in [1.82, 2.24) is 10.3 Å². The predicted octanol–water partition coefficient (Wildman–Crippen LogP) is 3.74. The van der Waals surface area contributed by atoms with Crippen molar-refractivity contribution in [2.24, 2.45) is 0 Å². The molecule has 0 aliphatic heterocycles. The highest BCUT2D eigenvalue weighted by molar-refractivity contribution is 5.31. The Labute approximate surface area is 119 Å². The number of pyridine rings is 1. The second-order valence-electron chi connectivity index (χ2n) is 4.60. The Morgan fingerprint density at radius 1 is 1.19 bits per heavy atom. The second kappa shape index (κ2) is 6.22. The molecule has 112 valence electrons. The van der Waals surface area contributed by atoms with Gasteiger partial charge < -0.3 is 5.32 Å². The Morgan fingerprint density at radius 2 is 1.90 bits per heavy atom. The van der Waals surface area contributed by atoms with Gasteiger partial charge in [0.05, 0.1) is 5.56 Å². The summed E-state index contributed by atoms with van der Waals surface area (Å²) >= 11 is 0. The number of nitrogens with zero attached hydrogens (tertiary/aromatic N) is 1. The van der Waals surface area contributed by atoms with Crippen LogP contribution in [0.4, 0.5) is 17.6 Å². The van der Waals surface area contributed by atoms with Gasteiger partial charge in [-0.2, -0.15) is 13.2 Å². The van der Waals surface area contributed by atoms with Crippen LogP contribution in [0.25, 0.3) is 0 Å². The molecule has 6 heteroatoms. The number of benzene rings is 1. The Balaban J connectivity index is 2.37. The van der Waals surface area contributed by atoms with Gasteiger partial charge in [0, 0.05) is 18.4 Å². The van der Waals surface area contributed by atoms with Gasteiger partial charge in [0.25, 0.3) is 0 Å². The molecule has 2 nitrogen and oxygen atoms in total. The lowest BCUT2D eigenvalue weighted by molar-refractivity contribution is -0.138. The molecule has 0 fully saturated rings. The fourth-order valence-corrected chi connectivity index (χ4v) is 2.19. The molecule has 21 heavy (non-hydrogen) atoms. The molecule has 1 aromatic carbocycles. The fraction of sp³-hybridized carbons (Fsp3) is 0.267. The van der Waals surface area contributed by atoms with E-state index in [-0.39, 0.29) is 12.0 Å². The maximum Gasteiger partial charge on any atom is 0.416 e. The number of nitrogens with one attached hydrogen (secondary N) is 1. The highest BCUT2D eigenvalue weighted by Crippen LogP contribution is 2.35. The summed E-state index contributed by atoms with van der Waals surface area (Å²) in [5.74, 6) is -0.435. The molecule has 0 aliphatic rings. The zero-order valence-electron chi connectivity index (χ0n) is 11.3. The SMILES string of the molecule is CNC(Cc1ccccc1F)c1cnccc1C(F)(F)F. The second-order valence-corrected chi connectivity index (χ2v) is 4.60. The third-order valence-corrected chi connectivity index (χ3v) is 3.26. The zero-order valence-corrected chi connectivity index (χ0v) is 11.3. The lowest BCUT2D eigenvalue weighted by Gasteiger charge is -2.21. The van der Waals surface area contributed by atoms with Gasteiger partial charge in [-0.15, -0.1) is 0 Å². The first-order valence-corrected chi connectivity index (χ1v) is 6.35. The Morgan fingerprint density at radius 3 is 2.52 bits per heavy atom. The Hall–Kier alpha value is -1.95. The summed E-state index contributed by atoms with van der Waals surface area (Å²) in [4.78, 5) is 3.76. The largest absolute Gasteiger partial charge is 0.416 e. The molecule has 0 saturated heterocycles. The molecule has 1 atom stereocenters. The van der Waals surface area contributed by atoms with E-state index in [1.165, 1.54) is 12.3 Å². The van der Waals surface area contributed by atoms with Crippen LogP contribution in [0.1, 0.15) is 22.7 Å². The highest BCUT2D eigenvalue weighted by Gasteiger charge is 2.35. The molecule has 1 heterocycles. The van der Waals surface area contributed by atoms with Gasteiger partial charge in [0.1, 0.15) is 5.82 Å². The standard InChI is InChI=1S/C15H14F4N2/c1-20-14(8-10-4-2-3-5-13(10)16)11-9-21-7-6-12(11)15(17,18)19/h2-7,9,14,20H,8H2,1H3. The molecule has 2 rings (SSSR count). The highest BCUT2D eigenvalue weighted by atomic mass is 19.4. The first-order valence-electron chi connectivity index (χ1n) is 6.35. The third kappa shape index (κ3) is 3.58. The molecule has 1 N–H and O–H groups in total. The lowest BCUT2D eigenvalue weighted by Crippen LogP contribution is -2.23. The van der Waals surface area contributed by atoms with Gasteiger partial charge in [-0.1, -0.05) is 18.2 Å². The fourth-order valence-electron chi connectivity index (χ4n) is 2.19. The summed E-state index contributed by atoms with van der Waals surface area (Å²) in [5.41, 5.74) is -0.391.